The molecule has 1 aromatic heterocycles. The summed E-state index contributed by atoms with van der Waals surface area (Å²) < 4.78 is 4.12. The van der Waals surface area contributed by atoms with E-state index in [1.807, 2.05) is 0 Å². The highest BCUT2D eigenvalue weighted by molar-refractivity contribution is 5.46. The van der Waals surface area contributed by atoms with E-state index >= 15 is 0 Å². The molecule has 19 heteroatoms. The number of aliphatic hydroxyl groups is 4. The quantitative estimate of drug-likeness (QED) is 0.102. The summed E-state index contributed by atoms with van der Waals surface area (Å²) in [4.78, 5) is 17.6. The summed E-state index contributed by atoms with van der Waals surface area (Å²) in [6.07, 6.45) is 0. The van der Waals surface area contributed by atoms with E-state index in [1.54, 1.807) is 0 Å². The van der Waals surface area contributed by atoms with Crippen molar-refractivity contribution in [1.29, 1.82) is 0 Å². The van der Waals surface area contributed by atoms with Crippen LogP contribution in [0.3, 0.4) is 0 Å². The summed E-state index contributed by atoms with van der Waals surface area (Å²) in [6, 6.07) is 0. The fourth-order valence-electron chi connectivity index (χ4n) is 1.38. The van der Waals surface area contributed by atoms with E-state index in [2.05, 4.69) is 25.2 Å². The molecule has 150 valence electrons. The number of nitro groups is 2. The van der Waals surface area contributed by atoms with Crippen LogP contribution in [0.5, 0.6) is 0 Å². The maximum absolute atomic E-state index is 11.8. The van der Waals surface area contributed by atoms with Crippen molar-refractivity contribution in [3.05, 3.63) is 30.6 Å². The van der Waals surface area contributed by atoms with Crippen molar-refractivity contribution in [3.8, 4) is 0 Å². The van der Waals surface area contributed by atoms with E-state index < -0.39 is 69.0 Å². The largest absolute Gasteiger partial charge is 0.594 e. The molecule has 0 atom stereocenters. The Kier molecular flexibility index (Phi) is 6.65. The topological polar surface area (TPSA) is 283 Å². The lowest BCUT2D eigenvalue weighted by Crippen LogP contribution is -2.53. The van der Waals surface area contributed by atoms with E-state index in [0.717, 1.165) is 0 Å². The predicted molar refractivity (Wildman–Crippen MR) is 73.5 cm³/mol. The molecule has 0 unspecified atom stereocenters. The molecule has 1 heterocycles. The number of nitrogens with zero attached hydrogens (tertiary/aromatic N) is 8. The molecular weight excluding hydrogens is 384 g/mol. The average Bonchev–Trinajstić information content (AvgIpc) is 3.04. The van der Waals surface area contributed by atoms with Crippen LogP contribution in [0.25, 0.3) is 0 Å². The van der Waals surface area contributed by atoms with Crippen LogP contribution in [-0.2, 0) is 0 Å². The second-order valence-electron chi connectivity index (χ2n) is 4.77. The molecule has 0 saturated heterocycles. The maximum Gasteiger partial charge on any atom is 0.483 e. The summed E-state index contributed by atoms with van der Waals surface area (Å²) in [5, 5.41) is 93.5. The summed E-state index contributed by atoms with van der Waals surface area (Å²) in [5.74, 6) is -1.99. The molecule has 0 aliphatic carbocycles. The van der Waals surface area contributed by atoms with Gasteiger partial charge in [0.2, 0.25) is 0 Å². The highest BCUT2D eigenvalue weighted by Crippen LogP contribution is 2.26. The maximum atomic E-state index is 11.8. The zero-order valence-corrected chi connectivity index (χ0v) is 13.1. The fourth-order valence-corrected chi connectivity index (χ4v) is 1.38. The number of aliphatic hydroxyl groups excluding tert-OH is 4. The van der Waals surface area contributed by atoms with E-state index in [4.69, 9.17) is 20.4 Å². The van der Waals surface area contributed by atoms with Gasteiger partial charge in [-0.1, -0.05) is 0 Å². The van der Waals surface area contributed by atoms with Crippen LogP contribution < -0.4 is 0 Å². The molecule has 0 spiro atoms. The number of rotatable bonds is 10. The third-order valence-electron chi connectivity index (χ3n) is 3.23. The standard InChI is InChI=1S/C8H12N8O11/c17-1-7(2-18,15(23)24)13(21)9-5-6(12-27-11-5)10-14(22)8(3-19,4-20)16(25)26/h17-20H,1-4H2. The van der Waals surface area contributed by atoms with E-state index in [0.29, 0.717) is 0 Å². The Hall–Kier alpha value is -3.42. The highest BCUT2D eigenvalue weighted by atomic mass is 16.7. The van der Waals surface area contributed by atoms with Gasteiger partial charge in [0, 0.05) is 10.2 Å². The molecule has 0 radical (unpaired) electrons. The van der Waals surface area contributed by atoms with Crippen LogP contribution in [0.4, 0.5) is 11.6 Å². The lowest BCUT2D eigenvalue weighted by molar-refractivity contribution is -0.818. The molecular formula is C8H12N8O11. The smallest absolute Gasteiger partial charge is 0.483 e. The van der Waals surface area contributed by atoms with E-state index in [1.165, 1.54) is 0 Å². The number of hydroxylamine groups is 2. The first-order valence-electron chi connectivity index (χ1n) is 6.58. The van der Waals surface area contributed by atoms with E-state index in [9.17, 15) is 30.6 Å². The van der Waals surface area contributed by atoms with Crippen LogP contribution >= 0.6 is 0 Å². The number of hydrogen-bond acceptors (Lipinski definition) is 15. The summed E-state index contributed by atoms with van der Waals surface area (Å²) in [5.41, 5.74) is -6.04. The normalized spacial score (nSPS) is 13.6. The first kappa shape index (κ1) is 21.6. The summed E-state index contributed by atoms with van der Waals surface area (Å²) >= 11 is 0. The Morgan fingerprint density at radius 3 is 1.30 bits per heavy atom. The Balaban J connectivity index is 3.42. The van der Waals surface area contributed by atoms with Gasteiger partial charge in [0.15, 0.2) is 26.4 Å². The minimum absolute atomic E-state index is 0.764. The third kappa shape index (κ3) is 3.74. The van der Waals surface area contributed by atoms with Gasteiger partial charge in [-0.05, 0) is 20.0 Å². The van der Waals surface area contributed by atoms with Crippen molar-refractivity contribution in [2.75, 3.05) is 26.4 Å². The molecule has 27 heavy (non-hydrogen) atoms. The van der Waals surface area contributed by atoms with Gasteiger partial charge < -0.3 is 30.8 Å². The van der Waals surface area contributed by atoms with Crippen molar-refractivity contribution in [2.24, 2.45) is 10.2 Å². The fraction of sp³-hybridized carbons (Fsp3) is 0.750. The van der Waals surface area contributed by atoms with Crippen molar-refractivity contribution in [1.82, 2.24) is 10.3 Å². The monoisotopic (exact) mass is 396 g/mol. The minimum Gasteiger partial charge on any atom is -0.594 e. The SMILES string of the molecule is O=[N+]([O-])C(CO)(CO)[N+]([O-])=Nc1nonc1N=[N+]([O-])C(CO)(CO)[N+](=O)[O-]. The van der Waals surface area contributed by atoms with Gasteiger partial charge in [0.25, 0.3) is 0 Å². The van der Waals surface area contributed by atoms with Crippen LogP contribution in [0.15, 0.2) is 14.9 Å². The van der Waals surface area contributed by atoms with Crippen molar-refractivity contribution >= 4 is 11.6 Å². The van der Waals surface area contributed by atoms with Crippen LogP contribution in [0, 0.1) is 30.6 Å². The second kappa shape index (κ2) is 8.31. The molecule has 0 aliphatic rings. The second-order valence-corrected chi connectivity index (χ2v) is 4.77. The first-order valence-corrected chi connectivity index (χ1v) is 6.58. The van der Waals surface area contributed by atoms with Gasteiger partial charge in [-0.2, -0.15) is 0 Å². The van der Waals surface area contributed by atoms with Gasteiger partial charge in [0.1, 0.15) is 9.85 Å². The number of aromatic nitrogens is 2. The molecule has 4 N–H and O–H groups in total. The molecule has 0 aromatic carbocycles. The number of azo groups is 2. The van der Waals surface area contributed by atoms with Gasteiger partial charge in [0.05, 0.1) is 0 Å². The van der Waals surface area contributed by atoms with Gasteiger partial charge >= 0.3 is 23.0 Å². The molecule has 0 saturated carbocycles. The zero-order chi connectivity index (χ0) is 20.8. The average molecular weight is 396 g/mol. The summed E-state index contributed by atoms with van der Waals surface area (Å²) in [6.45, 7) is -5.91. The Morgan fingerprint density at radius 2 is 1.07 bits per heavy atom. The van der Waals surface area contributed by atoms with Crippen molar-refractivity contribution in [3.63, 3.8) is 0 Å². The molecule has 1 aromatic rings. The van der Waals surface area contributed by atoms with Crippen LogP contribution in [-0.4, -0.2) is 88.1 Å². The molecule has 1 rings (SSSR count). The first-order chi connectivity index (χ1) is 12.6. The highest BCUT2D eigenvalue weighted by Gasteiger charge is 2.55. The van der Waals surface area contributed by atoms with E-state index in [-0.39, 0.29) is 0 Å². The lowest BCUT2D eigenvalue weighted by atomic mass is 10.2. The van der Waals surface area contributed by atoms with Gasteiger partial charge in [-0.15, -0.1) is 0 Å². The third-order valence-corrected chi connectivity index (χ3v) is 3.23. The number of hydrogen-bond donors (Lipinski definition) is 4. The molecule has 0 amide bonds. The van der Waals surface area contributed by atoms with Crippen molar-refractivity contribution < 1.29 is 44.6 Å². The van der Waals surface area contributed by atoms with Gasteiger partial charge in [-0.3, -0.25) is 20.2 Å². The van der Waals surface area contributed by atoms with Crippen LogP contribution in [0.2, 0.25) is 0 Å². The molecule has 0 bridgehead atoms. The Labute approximate surface area is 146 Å². The summed E-state index contributed by atoms with van der Waals surface area (Å²) in [7, 11) is 0. The lowest BCUT2D eigenvalue weighted by Gasteiger charge is -2.16. The Bertz CT molecular complexity index is 691. The molecule has 0 aliphatic heterocycles. The minimum atomic E-state index is -3.02. The molecule has 0 fully saturated rings. The van der Waals surface area contributed by atoms with Crippen LogP contribution in [0.1, 0.15) is 0 Å². The Morgan fingerprint density at radius 1 is 0.778 bits per heavy atom. The molecule has 19 nitrogen and oxygen atoms in total. The predicted octanol–water partition coefficient (Wildman–Crippen LogP) is -2.83. The van der Waals surface area contributed by atoms with Crippen molar-refractivity contribution in [2.45, 2.75) is 11.3 Å². The zero-order valence-electron chi connectivity index (χ0n) is 13.1. The van der Waals surface area contributed by atoms with Gasteiger partial charge in [-0.25, -0.2) is 4.63 Å².